The summed E-state index contributed by atoms with van der Waals surface area (Å²) in [6.07, 6.45) is -0.183. The van der Waals surface area contributed by atoms with Gasteiger partial charge in [-0.1, -0.05) is 6.07 Å². The molecule has 24 heavy (non-hydrogen) atoms. The normalized spacial score (nSPS) is 12.2. The van der Waals surface area contributed by atoms with Crippen molar-refractivity contribution in [3.05, 3.63) is 53.1 Å². The van der Waals surface area contributed by atoms with Crippen molar-refractivity contribution >= 4 is 5.91 Å². The van der Waals surface area contributed by atoms with E-state index in [1.165, 1.54) is 19.2 Å². The lowest BCUT2D eigenvalue weighted by Gasteiger charge is -2.11. The van der Waals surface area contributed by atoms with E-state index in [1.807, 2.05) is 18.4 Å². The van der Waals surface area contributed by atoms with Gasteiger partial charge < -0.3 is 19.7 Å². The molecule has 0 fully saturated rings. The largest absolute Gasteiger partial charge is 0.391 e. The van der Waals surface area contributed by atoms with Gasteiger partial charge in [-0.05, 0) is 44.5 Å². The number of amides is 1. The standard InChI is InChI=1S/C18H23FN2O3/c1-12-9-17(18(23)20-8-7-16(22)11-24-3)13(2)21(12)15-6-4-5-14(19)10-15/h4-6,9-10,16,22H,7-8,11H2,1-3H3,(H,20,23). The number of ether oxygens (including phenoxy) is 1. The molecule has 6 heteroatoms. The lowest BCUT2D eigenvalue weighted by atomic mass is 10.2. The van der Waals surface area contributed by atoms with Gasteiger partial charge in [-0.15, -0.1) is 0 Å². The second-order valence-electron chi connectivity index (χ2n) is 5.75. The fourth-order valence-corrected chi connectivity index (χ4v) is 2.73. The van der Waals surface area contributed by atoms with Crippen LogP contribution in [0.3, 0.4) is 0 Å². The molecule has 0 saturated carbocycles. The predicted molar refractivity (Wildman–Crippen MR) is 90.0 cm³/mol. The Morgan fingerprint density at radius 2 is 2.12 bits per heavy atom. The molecule has 2 N–H and O–H groups in total. The molecule has 1 aromatic heterocycles. The van der Waals surface area contributed by atoms with Crippen LogP contribution in [-0.2, 0) is 4.74 Å². The van der Waals surface area contributed by atoms with Crippen molar-refractivity contribution < 1.29 is 19.0 Å². The number of methoxy groups -OCH3 is 1. The summed E-state index contributed by atoms with van der Waals surface area (Å²) in [4.78, 5) is 12.4. The Bertz CT molecular complexity index is 712. The van der Waals surface area contributed by atoms with E-state index in [9.17, 15) is 14.3 Å². The molecule has 1 atom stereocenters. The summed E-state index contributed by atoms with van der Waals surface area (Å²) in [7, 11) is 1.52. The van der Waals surface area contributed by atoms with E-state index >= 15 is 0 Å². The monoisotopic (exact) mass is 334 g/mol. The number of benzene rings is 1. The van der Waals surface area contributed by atoms with Gasteiger partial charge in [-0.2, -0.15) is 0 Å². The van der Waals surface area contributed by atoms with Crippen molar-refractivity contribution in [2.75, 3.05) is 20.3 Å². The van der Waals surface area contributed by atoms with Gasteiger partial charge in [0.05, 0.1) is 18.3 Å². The highest BCUT2D eigenvalue weighted by molar-refractivity contribution is 5.95. The van der Waals surface area contributed by atoms with Gasteiger partial charge in [-0.3, -0.25) is 4.79 Å². The number of nitrogens with one attached hydrogen (secondary N) is 1. The van der Waals surface area contributed by atoms with Crippen LogP contribution in [0.25, 0.3) is 5.69 Å². The van der Waals surface area contributed by atoms with Crippen molar-refractivity contribution in [2.45, 2.75) is 26.4 Å². The molecule has 0 bridgehead atoms. The summed E-state index contributed by atoms with van der Waals surface area (Å²) in [6.45, 7) is 4.29. The van der Waals surface area contributed by atoms with Crippen molar-refractivity contribution in [1.82, 2.24) is 9.88 Å². The summed E-state index contributed by atoms with van der Waals surface area (Å²) in [5.74, 6) is -0.534. The number of aliphatic hydroxyl groups is 1. The summed E-state index contributed by atoms with van der Waals surface area (Å²) in [6, 6.07) is 8.03. The van der Waals surface area contributed by atoms with Gasteiger partial charge in [0, 0.05) is 30.7 Å². The van der Waals surface area contributed by atoms with E-state index in [-0.39, 0.29) is 18.3 Å². The maximum Gasteiger partial charge on any atom is 0.253 e. The average molecular weight is 334 g/mol. The zero-order chi connectivity index (χ0) is 17.7. The fourth-order valence-electron chi connectivity index (χ4n) is 2.73. The minimum absolute atomic E-state index is 0.213. The van der Waals surface area contributed by atoms with Gasteiger partial charge in [0.2, 0.25) is 0 Å². The minimum atomic E-state index is -0.602. The first-order valence-corrected chi connectivity index (χ1v) is 7.84. The molecule has 2 rings (SSSR count). The third-order valence-electron chi connectivity index (χ3n) is 3.86. The Morgan fingerprint density at radius 1 is 1.38 bits per heavy atom. The number of aryl methyl sites for hydroxylation is 1. The number of nitrogens with zero attached hydrogens (tertiary/aromatic N) is 1. The highest BCUT2D eigenvalue weighted by atomic mass is 19.1. The molecule has 0 aliphatic carbocycles. The van der Waals surface area contributed by atoms with Crippen LogP contribution in [0.15, 0.2) is 30.3 Å². The van der Waals surface area contributed by atoms with Crippen LogP contribution in [0.2, 0.25) is 0 Å². The zero-order valence-electron chi connectivity index (χ0n) is 14.2. The molecule has 2 aromatic rings. The lowest BCUT2D eigenvalue weighted by Crippen LogP contribution is -2.28. The number of aromatic nitrogens is 1. The van der Waals surface area contributed by atoms with E-state index in [0.717, 1.165) is 11.4 Å². The van der Waals surface area contributed by atoms with Crippen LogP contribution in [0.1, 0.15) is 28.2 Å². The number of hydrogen-bond donors (Lipinski definition) is 2. The van der Waals surface area contributed by atoms with E-state index in [4.69, 9.17) is 4.74 Å². The summed E-state index contributed by atoms with van der Waals surface area (Å²) in [5.41, 5.74) is 2.81. The number of halogens is 1. The fraction of sp³-hybridized carbons (Fsp3) is 0.389. The molecular weight excluding hydrogens is 311 g/mol. The van der Waals surface area contributed by atoms with E-state index in [2.05, 4.69) is 5.32 Å². The number of carbonyl (C=O) groups excluding carboxylic acids is 1. The summed E-state index contributed by atoms with van der Waals surface area (Å²) >= 11 is 0. The Labute approximate surface area is 141 Å². The average Bonchev–Trinajstić information content (AvgIpc) is 2.82. The second-order valence-corrected chi connectivity index (χ2v) is 5.75. The number of rotatable bonds is 7. The number of hydrogen-bond acceptors (Lipinski definition) is 3. The zero-order valence-corrected chi connectivity index (χ0v) is 14.2. The molecular formula is C18H23FN2O3. The van der Waals surface area contributed by atoms with Crippen LogP contribution >= 0.6 is 0 Å². The van der Waals surface area contributed by atoms with Crippen molar-refractivity contribution in [2.24, 2.45) is 0 Å². The quantitative estimate of drug-likeness (QED) is 0.817. The van der Waals surface area contributed by atoms with Gasteiger partial charge in [0.25, 0.3) is 5.91 Å². The van der Waals surface area contributed by atoms with Crippen molar-refractivity contribution in [3.63, 3.8) is 0 Å². The van der Waals surface area contributed by atoms with Crippen LogP contribution in [0, 0.1) is 19.7 Å². The first-order valence-electron chi connectivity index (χ1n) is 7.84. The Kier molecular flexibility index (Phi) is 6.11. The van der Waals surface area contributed by atoms with Crippen molar-refractivity contribution in [3.8, 4) is 5.69 Å². The molecule has 1 unspecified atom stereocenters. The SMILES string of the molecule is COCC(O)CCNC(=O)c1cc(C)n(-c2cccc(F)c2)c1C. The lowest BCUT2D eigenvalue weighted by molar-refractivity contribution is 0.0587. The highest BCUT2D eigenvalue weighted by Gasteiger charge is 2.17. The topological polar surface area (TPSA) is 63.5 Å². The molecule has 5 nitrogen and oxygen atoms in total. The van der Waals surface area contributed by atoms with E-state index in [0.29, 0.717) is 24.2 Å². The maximum atomic E-state index is 13.5. The first-order chi connectivity index (χ1) is 11.4. The Balaban J connectivity index is 2.12. The number of carbonyl (C=O) groups is 1. The molecule has 1 amide bonds. The second kappa shape index (κ2) is 8.08. The maximum absolute atomic E-state index is 13.5. The van der Waals surface area contributed by atoms with Gasteiger partial charge in [-0.25, -0.2) is 4.39 Å². The molecule has 0 aliphatic heterocycles. The van der Waals surface area contributed by atoms with Crippen LogP contribution in [0.5, 0.6) is 0 Å². The Hall–Kier alpha value is -2.18. The van der Waals surface area contributed by atoms with Gasteiger partial charge in [0.1, 0.15) is 5.82 Å². The predicted octanol–water partition coefficient (Wildman–Crippen LogP) is 2.36. The highest BCUT2D eigenvalue weighted by Crippen LogP contribution is 2.21. The van der Waals surface area contributed by atoms with E-state index in [1.54, 1.807) is 18.2 Å². The van der Waals surface area contributed by atoms with Crippen LogP contribution < -0.4 is 5.32 Å². The van der Waals surface area contributed by atoms with Gasteiger partial charge in [0.15, 0.2) is 0 Å². The number of aliphatic hydroxyl groups excluding tert-OH is 1. The molecule has 0 aliphatic rings. The smallest absolute Gasteiger partial charge is 0.253 e. The molecule has 1 heterocycles. The third kappa shape index (κ3) is 4.21. The summed E-state index contributed by atoms with van der Waals surface area (Å²) in [5, 5.41) is 12.4. The van der Waals surface area contributed by atoms with Crippen LogP contribution in [0.4, 0.5) is 4.39 Å². The van der Waals surface area contributed by atoms with Crippen LogP contribution in [-0.4, -0.2) is 41.9 Å². The molecule has 0 radical (unpaired) electrons. The molecule has 1 aromatic carbocycles. The van der Waals surface area contributed by atoms with Crippen molar-refractivity contribution in [1.29, 1.82) is 0 Å². The third-order valence-corrected chi connectivity index (χ3v) is 3.86. The minimum Gasteiger partial charge on any atom is -0.391 e. The molecule has 130 valence electrons. The van der Waals surface area contributed by atoms with E-state index < -0.39 is 6.10 Å². The molecule has 0 saturated heterocycles. The van der Waals surface area contributed by atoms with Gasteiger partial charge >= 0.3 is 0 Å². The molecule has 0 spiro atoms. The summed E-state index contributed by atoms with van der Waals surface area (Å²) < 4.78 is 20.2. The Morgan fingerprint density at radius 3 is 2.79 bits per heavy atom. The first kappa shape index (κ1) is 18.2.